The third kappa shape index (κ3) is 4.13. The zero-order chi connectivity index (χ0) is 21.2. The van der Waals surface area contributed by atoms with Gasteiger partial charge in [0.05, 0.1) is 16.3 Å². The molecule has 5 nitrogen and oxygen atoms in total. The predicted molar refractivity (Wildman–Crippen MR) is 122 cm³/mol. The fourth-order valence-electron chi connectivity index (χ4n) is 3.28. The Kier molecular flexibility index (Phi) is 5.32. The van der Waals surface area contributed by atoms with E-state index in [1.54, 1.807) is 35.6 Å². The molecule has 4 aromatic rings. The average Bonchev–Trinajstić information content (AvgIpc) is 3.47. The highest BCUT2D eigenvalue weighted by molar-refractivity contribution is 7.13. The number of rotatable bonds is 5. The first-order valence-corrected chi connectivity index (χ1v) is 10.9. The van der Waals surface area contributed by atoms with Gasteiger partial charge >= 0.3 is 0 Å². The molecule has 0 unspecified atom stereocenters. The van der Waals surface area contributed by atoms with E-state index in [2.05, 4.69) is 5.32 Å². The molecule has 2 heterocycles. The molecule has 0 aliphatic carbocycles. The lowest BCUT2D eigenvalue weighted by molar-refractivity contribution is 0.0951. The predicted octanol–water partition coefficient (Wildman–Crippen LogP) is 5.79. The van der Waals surface area contributed by atoms with Crippen LogP contribution in [0.2, 0.25) is 5.02 Å². The topological polar surface area (TPSA) is 60.5 Å². The number of aromatic nitrogens is 1. The molecule has 0 radical (unpaired) electrons. The van der Waals surface area contributed by atoms with Crippen LogP contribution in [0.3, 0.4) is 0 Å². The van der Waals surface area contributed by atoms with Crippen molar-refractivity contribution in [3.8, 4) is 33.3 Å². The van der Waals surface area contributed by atoms with Gasteiger partial charge in [0.15, 0.2) is 11.5 Å². The summed E-state index contributed by atoms with van der Waals surface area (Å²) in [6.07, 6.45) is 0. The minimum Gasteiger partial charge on any atom is -0.454 e. The zero-order valence-corrected chi connectivity index (χ0v) is 17.9. The number of halogens is 1. The molecule has 154 valence electrons. The SMILES string of the molecule is O=C(NCc1ccc(-c2nc(-c3ccc4c(c3)OCO4)cs2)cc1)c1ccccc1Cl. The van der Waals surface area contributed by atoms with Crippen molar-refractivity contribution in [2.75, 3.05) is 6.79 Å². The van der Waals surface area contributed by atoms with E-state index in [-0.39, 0.29) is 12.7 Å². The van der Waals surface area contributed by atoms with Gasteiger partial charge in [-0.15, -0.1) is 11.3 Å². The Bertz CT molecular complexity index is 1250. The summed E-state index contributed by atoms with van der Waals surface area (Å²) in [6.45, 7) is 0.678. The van der Waals surface area contributed by atoms with Crippen LogP contribution >= 0.6 is 22.9 Å². The van der Waals surface area contributed by atoms with E-state index >= 15 is 0 Å². The average molecular weight is 449 g/mol. The number of ether oxygens (including phenoxy) is 2. The van der Waals surface area contributed by atoms with E-state index in [0.717, 1.165) is 38.9 Å². The second-order valence-electron chi connectivity index (χ2n) is 6.97. The Morgan fingerprint density at radius 3 is 2.61 bits per heavy atom. The van der Waals surface area contributed by atoms with E-state index in [1.807, 2.05) is 47.8 Å². The standard InChI is InChI=1S/C24H17ClN2O3S/c25-19-4-2-1-3-18(19)23(28)26-12-15-5-7-16(8-6-15)24-27-20(13-31-24)17-9-10-21-22(11-17)30-14-29-21/h1-11,13H,12,14H2,(H,26,28). The minimum atomic E-state index is -0.192. The Labute approximate surface area is 188 Å². The van der Waals surface area contributed by atoms with Gasteiger partial charge in [0.1, 0.15) is 5.01 Å². The molecule has 0 spiro atoms. The van der Waals surface area contributed by atoms with Crippen molar-refractivity contribution in [3.05, 3.63) is 88.3 Å². The van der Waals surface area contributed by atoms with Crippen LogP contribution < -0.4 is 14.8 Å². The fourth-order valence-corrected chi connectivity index (χ4v) is 4.34. The number of carbonyl (C=O) groups excluding carboxylic acids is 1. The van der Waals surface area contributed by atoms with Crippen LogP contribution in [0, 0.1) is 0 Å². The largest absolute Gasteiger partial charge is 0.454 e. The maximum absolute atomic E-state index is 12.3. The summed E-state index contributed by atoms with van der Waals surface area (Å²) in [6, 6.07) is 20.9. The van der Waals surface area contributed by atoms with Crippen LogP contribution in [-0.2, 0) is 6.54 Å². The van der Waals surface area contributed by atoms with Gasteiger partial charge in [0.2, 0.25) is 6.79 Å². The minimum absolute atomic E-state index is 0.192. The number of amides is 1. The van der Waals surface area contributed by atoms with Gasteiger partial charge in [-0.2, -0.15) is 0 Å². The molecule has 7 heteroatoms. The van der Waals surface area contributed by atoms with Crippen molar-refractivity contribution in [2.45, 2.75) is 6.54 Å². The number of thiazole rings is 1. The molecular formula is C24H17ClN2O3S. The molecule has 1 amide bonds. The van der Waals surface area contributed by atoms with Crippen molar-refractivity contribution in [1.29, 1.82) is 0 Å². The molecule has 1 aliphatic rings. The summed E-state index contributed by atoms with van der Waals surface area (Å²) < 4.78 is 10.8. The van der Waals surface area contributed by atoms with E-state index in [4.69, 9.17) is 26.1 Å². The summed E-state index contributed by atoms with van der Waals surface area (Å²) in [7, 11) is 0. The molecule has 5 rings (SSSR count). The number of benzene rings is 3. The lowest BCUT2D eigenvalue weighted by atomic mass is 10.1. The molecule has 1 aromatic heterocycles. The van der Waals surface area contributed by atoms with Crippen LogP contribution in [-0.4, -0.2) is 17.7 Å². The van der Waals surface area contributed by atoms with E-state index in [0.29, 0.717) is 17.1 Å². The van der Waals surface area contributed by atoms with Crippen LogP contribution in [0.5, 0.6) is 11.5 Å². The number of hydrogen-bond acceptors (Lipinski definition) is 5. The van der Waals surface area contributed by atoms with Gasteiger partial charge in [0.25, 0.3) is 5.91 Å². The molecule has 0 fully saturated rings. The Morgan fingerprint density at radius 2 is 1.77 bits per heavy atom. The van der Waals surface area contributed by atoms with Gasteiger partial charge in [-0.3, -0.25) is 4.79 Å². The number of nitrogens with one attached hydrogen (secondary N) is 1. The Morgan fingerprint density at radius 1 is 1.00 bits per heavy atom. The van der Waals surface area contributed by atoms with Crippen LogP contribution in [0.4, 0.5) is 0 Å². The molecule has 31 heavy (non-hydrogen) atoms. The monoisotopic (exact) mass is 448 g/mol. The summed E-state index contributed by atoms with van der Waals surface area (Å²) in [4.78, 5) is 17.1. The molecule has 3 aromatic carbocycles. The van der Waals surface area contributed by atoms with Crippen LogP contribution in [0.15, 0.2) is 72.1 Å². The molecule has 0 atom stereocenters. The highest BCUT2D eigenvalue weighted by Gasteiger charge is 2.15. The lowest BCUT2D eigenvalue weighted by Crippen LogP contribution is -2.23. The third-order valence-corrected chi connectivity index (χ3v) is 6.17. The van der Waals surface area contributed by atoms with Crippen LogP contribution in [0.1, 0.15) is 15.9 Å². The van der Waals surface area contributed by atoms with Crippen LogP contribution in [0.25, 0.3) is 21.8 Å². The highest BCUT2D eigenvalue weighted by atomic mass is 35.5. The molecule has 0 bridgehead atoms. The molecule has 0 saturated carbocycles. The maximum atomic E-state index is 12.3. The van der Waals surface area contributed by atoms with Crippen molar-refractivity contribution in [2.24, 2.45) is 0 Å². The van der Waals surface area contributed by atoms with Crippen molar-refractivity contribution in [1.82, 2.24) is 10.3 Å². The third-order valence-electron chi connectivity index (χ3n) is 4.94. The first-order chi connectivity index (χ1) is 15.2. The molecule has 0 saturated heterocycles. The summed E-state index contributed by atoms with van der Waals surface area (Å²) in [5.74, 6) is 1.31. The number of carbonyl (C=O) groups is 1. The fraction of sp³-hybridized carbons (Fsp3) is 0.0833. The molecule has 1 aliphatic heterocycles. The first kappa shape index (κ1) is 19.6. The van der Waals surface area contributed by atoms with Crippen molar-refractivity contribution in [3.63, 3.8) is 0 Å². The smallest absolute Gasteiger partial charge is 0.253 e. The summed E-state index contributed by atoms with van der Waals surface area (Å²) in [5, 5.41) is 6.31. The summed E-state index contributed by atoms with van der Waals surface area (Å²) in [5.41, 5.74) is 4.38. The molecular weight excluding hydrogens is 432 g/mol. The normalized spacial score (nSPS) is 12.0. The van der Waals surface area contributed by atoms with Gasteiger partial charge in [-0.25, -0.2) is 4.98 Å². The number of fused-ring (bicyclic) bond motifs is 1. The zero-order valence-electron chi connectivity index (χ0n) is 16.3. The maximum Gasteiger partial charge on any atom is 0.253 e. The van der Waals surface area contributed by atoms with Gasteiger partial charge in [-0.1, -0.05) is 48.0 Å². The molecule has 1 N–H and O–H groups in total. The number of nitrogens with zero attached hydrogens (tertiary/aromatic N) is 1. The lowest BCUT2D eigenvalue weighted by Gasteiger charge is -2.07. The van der Waals surface area contributed by atoms with Gasteiger partial charge in [0, 0.05) is 23.1 Å². The summed E-state index contributed by atoms with van der Waals surface area (Å²) >= 11 is 7.67. The first-order valence-electron chi connectivity index (χ1n) is 9.65. The number of hydrogen-bond donors (Lipinski definition) is 1. The second-order valence-corrected chi connectivity index (χ2v) is 8.23. The second kappa shape index (κ2) is 8.41. The quantitative estimate of drug-likeness (QED) is 0.420. The van der Waals surface area contributed by atoms with Gasteiger partial charge in [-0.05, 0) is 35.9 Å². The van der Waals surface area contributed by atoms with E-state index in [9.17, 15) is 4.79 Å². The highest BCUT2D eigenvalue weighted by Crippen LogP contribution is 2.37. The van der Waals surface area contributed by atoms with E-state index in [1.165, 1.54) is 0 Å². The Hall–Kier alpha value is -3.35. The Balaban J connectivity index is 1.26. The van der Waals surface area contributed by atoms with E-state index < -0.39 is 0 Å². The van der Waals surface area contributed by atoms with Crippen molar-refractivity contribution < 1.29 is 14.3 Å². The van der Waals surface area contributed by atoms with Gasteiger partial charge < -0.3 is 14.8 Å². The van der Waals surface area contributed by atoms with Crippen molar-refractivity contribution >= 4 is 28.8 Å².